The summed E-state index contributed by atoms with van der Waals surface area (Å²) < 4.78 is 284. The maximum atomic E-state index is 13.8. The van der Waals surface area contributed by atoms with Gasteiger partial charge in [-0.1, -0.05) is 19.4 Å². The molecular formula is C20H17F21O2. The van der Waals surface area contributed by atoms with E-state index >= 15 is 0 Å². The van der Waals surface area contributed by atoms with Crippen LogP contribution in [0.4, 0.5) is 92.2 Å². The molecule has 43 heavy (non-hydrogen) atoms. The van der Waals surface area contributed by atoms with Gasteiger partial charge in [-0.05, 0) is 19.8 Å². The number of hydrogen-bond donors (Lipinski definition) is 0. The summed E-state index contributed by atoms with van der Waals surface area (Å²) in [6.45, 7) is 3.93. The summed E-state index contributed by atoms with van der Waals surface area (Å²) in [7, 11) is 0. The largest absolute Gasteiger partial charge is 0.462 e. The van der Waals surface area contributed by atoms with Gasteiger partial charge in [0.2, 0.25) is 0 Å². The van der Waals surface area contributed by atoms with Gasteiger partial charge in [-0.15, -0.1) is 0 Å². The fourth-order valence-electron chi connectivity index (χ4n) is 2.84. The lowest BCUT2D eigenvalue weighted by Gasteiger charge is -2.44. The zero-order valence-corrected chi connectivity index (χ0v) is 20.7. The van der Waals surface area contributed by atoms with Gasteiger partial charge >= 0.3 is 65.4 Å². The van der Waals surface area contributed by atoms with Gasteiger partial charge in [-0.25, -0.2) is 4.79 Å². The monoisotopic (exact) mass is 688 g/mol. The number of alkyl halides is 21. The summed E-state index contributed by atoms with van der Waals surface area (Å²) >= 11 is 0. The van der Waals surface area contributed by atoms with E-state index in [0.29, 0.717) is 0 Å². The Morgan fingerprint density at radius 1 is 0.488 bits per heavy atom. The molecule has 0 heterocycles. The Bertz CT molecular complexity index is 995. The third-order valence-electron chi connectivity index (χ3n) is 5.54. The number of rotatable bonds is 16. The molecule has 0 aliphatic carbocycles. The summed E-state index contributed by atoms with van der Waals surface area (Å²) in [6, 6.07) is 0. The minimum absolute atomic E-state index is 0.0976. The molecule has 0 rings (SSSR count). The van der Waals surface area contributed by atoms with Gasteiger partial charge in [0, 0.05) is 12.0 Å². The maximum absolute atomic E-state index is 13.8. The fourth-order valence-corrected chi connectivity index (χ4v) is 2.84. The molecule has 0 aromatic rings. The van der Waals surface area contributed by atoms with Gasteiger partial charge in [0.05, 0.1) is 6.61 Å². The van der Waals surface area contributed by atoms with E-state index in [9.17, 15) is 97.0 Å². The molecular weight excluding hydrogens is 671 g/mol. The molecule has 0 aromatic heterocycles. The Morgan fingerprint density at radius 2 is 0.791 bits per heavy atom. The predicted octanol–water partition coefficient (Wildman–Crippen LogP) is 9.34. The minimum Gasteiger partial charge on any atom is -0.462 e. The van der Waals surface area contributed by atoms with Crippen LogP contribution in [0.15, 0.2) is 12.2 Å². The second-order valence-corrected chi connectivity index (χ2v) is 8.88. The first kappa shape index (κ1) is 40.7. The van der Waals surface area contributed by atoms with Crippen molar-refractivity contribution in [2.45, 2.75) is 98.5 Å². The Hall–Kier alpha value is -2.26. The van der Waals surface area contributed by atoms with E-state index in [1.807, 2.05) is 0 Å². The van der Waals surface area contributed by atoms with Crippen LogP contribution in [0.3, 0.4) is 0 Å². The average Bonchev–Trinajstić information content (AvgIpc) is 2.81. The number of unbranched alkanes of at least 4 members (excludes halogenated alkanes) is 3. The van der Waals surface area contributed by atoms with Gasteiger partial charge < -0.3 is 4.74 Å². The lowest BCUT2D eigenvalue weighted by atomic mass is 9.85. The smallest absolute Gasteiger partial charge is 0.460 e. The first-order valence-corrected chi connectivity index (χ1v) is 10.9. The lowest BCUT2D eigenvalue weighted by molar-refractivity contribution is -0.474. The van der Waals surface area contributed by atoms with Crippen molar-refractivity contribution in [1.29, 1.82) is 0 Å². The van der Waals surface area contributed by atoms with E-state index in [4.69, 9.17) is 0 Å². The summed E-state index contributed by atoms with van der Waals surface area (Å²) in [6.07, 6.45) is -13.3. The van der Waals surface area contributed by atoms with E-state index in [0.717, 1.165) is 0 Å². The van der Waals surface area contributed by atoms with Crippen LogP contribution in [0.1, 0.15) is 39.0 Å². The number of carbonyl (C=O) groups excluding carboxylic acids is 1. The van der Waals surface area contributed by atoms with Gasteiger partial charge in [0.15, 0.2) is 0 Å². The van der Waals surface area contributed by atoms with Crippen LogP contribution in [0.5, 0.6) is 0 Å². The van der Waals surface area contributed by atoms with Crippen LogP contribution in [-0.4, -0.2) is 72.1 Å². The Morgan fingerprint density at radius 3 is 1.12 bits per heavy atom. The number of hydrogen-bond acceptors (Lipinski definition) is 2. The standard InChI is InChI=1S/C20H17F21O2/c1-9(2)10(42)43-8-6-4-3-5-7-11(21,22)12(23,24)13(25,26)14(27,28)15(29,30)16(31,32)17(33,34)18(35,36)19(37,38)20(39,40)41/h1,3-8H2,2H3. The molecule has 0 spiro atoms. The Balaban J connectivity index is 6.22. The number of esters is 1. The highest BCUT2D eigenvalue weighted by Gasteiger charge is 2.97. The summed E-state index contributed by atoms with van der Waals surface area (Å²) in [4.78, 5) is 11.1. The number of ether oxygens (including phenoxy) is 1. The quantitative estimate of drug-likeness (QED) is 0.0700. The third kappa shape index (κ3) is 6.44. The molecule has 0 bridgehead atoms. The molecule has 2 nitrogen and oxygen atoms in total. The molecule has 0 radical (unpaired) electrons. The summed E-state index contributed by atoms with van der Waals surface area (Å²) in [5, 5.41) is 0. The molecule has 0 amide bonds. The van der Waals surface area contributed by atoms with Crippen LogP contribution >= 0.6 is 0 Å². The van der Waals surface area contributed by atoms with Crippen molar-refractivity contribution in [2.75, 3.05) is 6.61 Å². The zero-order valence-electron chi connectivity index (χ0n) is 20.7. The van der Waals surface area contributed by atoms with Crippen molar-refractivity contribution in [1.82, 2.24) is 0 Å². The van der Waals surface area contributed by atoms with Crippen LogP contribution in [0.2, 0.25) is 0 Å². The van der Waals surface area contributed by atoms with Gasteiger partial charge in [0.1, 0.15) is 0 Å². The molecule has 0 aliphatic rings. The van der Waals surface area contributed by atoms with E-state index < -0.39 is 91.3 Å². The first-order valence-electron chi connectivity index (χ1n) is 10.9. The van der Waals surface area contributed by atoms with E-state index in [1.54, 1.807) is 0 Å². The topological polar surface area (TPSA) is 26.3 Å². The second-order valence-electron chi connectivity index (χ2n) is 8.88. The van der Waals surface area contributed by atoms with Crippen LogP contribution in [0.25, 0.3) is 0 Å². The minimum atomic E-state index is -9.18. The van der Waals surface area contributed by atoms with Crippen molar-refractivity contribution in [3.63, 3.8) is 0 Å². The average molecular weight is 688 g/mol. The SMILES string of the molecule is C=C(C)C(=O)OCCCCCCC(F)(F)C(F)(F)C(F)(F)C(F)(F)C(F)(F)C(F)(F)C(F)(F)C(F)(F)C(F)(F)C(F)(F)F. The van der Waals surface area contributed by atoms with Crippen LogP contribution in [-0.2, 0) is 9.53 Å². The Labute approximate surface area is 226 Å². The van der Waals surface area contributed by atoms with E-state index in [2.05, 4.69) is 11.3 Å². The van der Waals surface area contributed by atoms with Crippen molar-refractivity contribution in [3.05, 3.63) is 12.2 Å². The van der Waals surface area contributed by atoms with E-state index in [1.165, 1.54) is 6.92 Å². The van der Waals surface area contributed by atoms with Gasteiger partial charge in [0.25, 0.3) is 0 Å². The maximum Gasteiger partial charge on any atom is 0.460 e. The normalized spacial score (nSPS) is 15.5. The molecule has 0 fully saturated rings. The van der Waals surface area contributed by atoms with Gasteiger partial charge in [-0.2, -0.15) is 92.2 Å². The molecule has 0 unspecified atom stereocenters. The van der Waals surface area contributed by atoms with Crippen molar-refractivity contribution in [2.24, 2.45) is 0 Å². The van der Waals surface area contributed by atoms with Crippen molar-refractivity contribution >= 4 is 5.97 Å². The Kier molecular flexibility index (Phi) is 11.3. The first-order chi connectivity index (χ1) is 18.6. The molecule has 23 heteroatoms. The van der Waals surface area contributed by atoms with Gasteiger partial charge in [-0.3, -0.25) is 0 Å². The molecule has 256 valence electrons. The molecule has 0 N–H and O–H groups in total. The highest BCUT2D eigenvalue weighted by molar-refractivity contribution is 5.86. The molecule has 0 saturated carbocycles. The van der Waals surface area contributed by atoms with Crippen molar-refractivity contribution in [3.8, 4) is 0 Å². The second kappa shape index (κ2) is 11.9. The number of halogens is 21. The van der Waals surface area contributed by atoms with Crippen LogP contribution in [0, 0.1) is 0 Å². The molecule has 0 saturated heterocycles. The fraction of sp³-hybridized carbons (Fsp3) is 0.850. The molecule has 0 aliphatic heterocycles. The highest BCUT2D eigenvalue weighted by Crippen LogP contribution is 2.66. The predicted molar refractivity (Wildman–Crippen MR) is 99.4 cm³/mol. The van der Waals surface area contributed by atoms with Crippen LogP contribution < -0.4 is 0 Å². The molecule has 0 atom stereocenters. The molecule has 0 aromatic carbocycles. The lowest BCUT2D eigenvalue weighted by Crippen LogP contribution is -2.76. The third-order valence-corrected chi connectivity index (χ3v) is 5.54. The summed E-state index contributed by atoms with van der Waals surface area (Å²) in [5.41, 5.74) is -0.0976. The summed E-state index contributed by atoms with van der Waals surface area (Å²) in [5.74, 6) is -77.7. The van der Waals surface area contributed by atoms with Crippen molar-refractivity contribution < 1.29 is 102 Å². The van der Waals surface area contributed by atoms with E-state index in [-0.39, 0.29) is 18.4 Å². The highest BCUT2D eigenvalue weighted by atomic mass is 19.4. The number of carbonyl (C=O) groups is 1. The zero-order chi connectivity index (χ0) is 35.1.